The van der Waals surface area contributed by atoms with Crippen molar-refractivity contribution in [3.63, 3.8) is 0 Å². The summed E-state index contributed by atoms with van der Waals surface area (Å²) in [5.74, 6) is -3.00. The van der Waals surface area contributed by atoms with Crippen LogP contribution in [0.15, 0.2) is 12.7 Å². The van der Waals surface area contributed by atoms with Gasteiger partial charge in [-0.2, -0.15) is 4.31 Å². The number of imidazole rings is 1. The van der Waals surface area contributed by atoms with Crippen LogP contribution in [0.25, 0.3) is 11.2 Å². The summed E-state index contributed by atoms with van der Waals surface area (Å²) in [4.78, 5) is 98.0. The number of rotatable bonds is 24. The van der Waals surface area contributed by atoms with Gasteiger partial charge in [-0.05, 0) is 0 Å². The highest BCUT2D eigenvalue weighted by molar-refractivity contribution is 8.13. The van der Waals surface area contributed by atoms with Crippen LogP contribution in [0.2, 0.25) is 0 Å². The van der Waals surface area contributed by atoms with Crippen molar-refractivity contribution in [3.8, 4) is 0 Å². The molecule has 0 aromatic carbocycles. The molecule has 0 bridgehead atoms. The molecule has 3 rings (SSSR count). The fourth-order valence-corrected chi connectivity index (χ4v) is 8.54. The molecule has 0 aliphatic carbocycles. The molecule has 1 fully saturated rings. The summed E-state index contributed by atoms with van der Waals surface area (Å²) in [6.07, 6.45) is -11.4. The molecule has 0 radical (unpaired) electrons. The number of amides is 2. The second kappa shape index (κ2) is 21.2. The number of carboxylic acids is 1. The molecule has 59 heavy (non-hydrogen) atoms. The normalized spacial score (nSPS) is 22.2. The zero-order chi connectivity index (χ0) is 44.5. The lowest BCUT2D eigenvalue weighted by molar-refractivity contribution is -0.140. The molecule has 0 spiro atoms. The Hall–Kier alpha value is -3.05. The number of nitrogens with one attached hydrogen (secondary N) is 2. The number of phosphoric acid groups is 3. The quantitative estimate of drug-likeness (QED) is 0.0375. The molecule has 1 aliphatic heterocycles. The van der Waals surface area contributed by atoms with Crippen molar-refractivity contribution in [2.45, 2.75) is 76.0 Å². The van der Waals surface area contributed by atoms with Gasteiger partial charge in [0, 0.05) is 37.1 Å². The summed E-state index contributed by atoms with van der Waals surface area (Å²) in [6.45, 7) is -0.0518. The van der Waals surface area contributed by atoms with Crippen molar-refractivity contribution >= 4 is 75.1 Å². The lowest BCUT2D eigenvalue weighted by atomic mass is 9.87. The maximum absolute atomic E-state index is 12.7. The first kappa shape index (κ1) is 50.3. The van der Waals surface area contributed by atoms with Crippen molar-refractivity contribution in [2.75, 3.05) is 37.8 Å². The Morgan fingerprint density at radius 1 is 1.02 bits per heavy atom. The number of nitrogens with zero attached hydrogens (tertiary/aromatic N) is 4. The Morgan fingerprint density at radius 2 is 1.68 bits per heavy atom. The lowest BCUT2D eigenvalue weighted by Gasteiger charge is -2.30. The number of aliphatic hydroxyl groups excluding tert-OH is 4. The molecule has 32 heteroatoms. The van der Waals surface area contributed by atoms with Crippen molar-refractivity contribution in [3.05, 3.63) is 12.7 Å². The molecule has 2 aromatic heterocycles. The van der Waals surface area contributed by atoms with E-state index in [1.807, 2.05) is 0 Å². The Kier molecular flexibility index (Phi) is 18.0. The van der Waals surface area contributed by atoms with Crippen molar-refractivity contribution in [1.29, 1.82) is 0 Å². The molecule has 1 aliphatic rings. The number of aromatic nitrogens is 4. The third-order valence-corrected chi connectivity index (χ3v) is 12.0. The van der Waals surface area contributed by atoms with Crippen LogP contribution in [-0.4, -0.2) is 156 Å². The Morgan fingerprint density at radius 3 is 2.32 bits per heavy atom. The lowest BCUT2D eigenvalue weighted by Crippen LogP contribution is -2.46. The van der Waals surface area contributed by atoms with Gasteiger partial charge in [-0.3, -0.25) is 37.3 Å². The number of aliphatic carboxylic acids is 1. The number of phosphoric ester groups is 3. The highest BCUT2D eigenvalue weighted by Gasteiger charge is 2.50. The van der Waals surface area contributed by atoms with Crippen LogP contribution in [0, 0.1) is 5.41 Å². The zero-order valence-corrected chi connectivity index (χ0v) is 34.4. The van der Waals surface area contributed by atoms with Gasteiger partial charge in [0.25, 0.3) is 0 Å². The molecule has 2 aromatic rings. The van der Waals surface area contributed by atoms with Crippen molar-refractivity contribution in [1.82, 2.24) is 30.2 Å². The zero-order valence-electron chi connectivity index (χ0n) is 30.9. The van der Waals surface area contributed by atoms with E-state index in [1.54, 1.807) is 0 Å². The largest absolute Gasteiger partial charge is 0.481 e. The fourth-order valence-electron chi connectivity index (χ4n) is 5.02. The fraction of sp³-hybridized carbons (Fsp3) is 0.667. The third kappa shape index (κ3) is 15.7. The minimum absolute atomic E-state index is 0.0103. The van der Waals surface area contributed by atoms with E-state index in [-0.39, 0.29) is 42.2 Å². The number of anilines is 1. The molecule has 3 heterocycles. The first-order valence-corrected chi connectivity index (χ1v) is 22.4. The van der Waals surface area contributed by atoms with Gasteiger partial charge in [0.1, 0.15) is 42.4 Å². The number of ether oxygens (including phenoxy) is 1. The van der Waals surface area contributed by atoms with Crippen LogP contribution in [0.3, 0.4) is 0 Å². The highest BCUT2D eigenvalue weighted by Crippen LogP contribution is 2.61. The average Bonchev–Trinajstić information content (AvgIpc) is 3.67. The standard InChI is InChI=1S/C27H44N7O21P3S/c1-27(2,21(41)24(42)30-4-3-16(37)29-5-6-59-26(43)14(36)7-13(35)8-17(38)39)10-52-58(49,50)55-57(47,48)51-9-15-20(54-56(44,45)46)19(40)25(53-15)34-12-33-18-22(28)31-11-32-23(18)34/h11-15,19-21,25,35-36,40-41H,3-10H2,1-2H3,(H,29,37)(H,30,42)(H,38,39)(H,47,48)(H,49,50)(H2,28,31,32)(H2,44,45,46)/t13?,14?,15-,19-,20-,21+,25-/m1/s1. The summed E-state index contributed by atoms with van der Waals surface area (Å²) in [5, 5.41) is 53.3. The Balaban J connectivity index is 1.45. The van der Waals surface area contributed by atoms with Gasteiger partial charge in [0.15, 0.2) is 17.7 Å². The van der Waals surface area contributed by atoms with Gasteiger partial charge in [-0.1, -0.05) is 25.6 Å². The van der Waals surface area contributed by atoms with Gasteiger partial charge >= 0.3 is 29.4 Å². The summed E-state index contributed by atoms with van der Waals surface area (Å²) in [7, 11) is -16.5. The topological polar surface area (TPSA) is 441 Å². The van der Waals surface area contributed by atoms with E-state index in [0.717, 1.165) is 17.2 Å². The number of hydrogen-bond acceptors (Lipinski definition) is 21. The summed E-state index contributed by atoms with van der Waals surface area (Å²) >= 11 is 0.631. The number of nitrogens with two attached hydrogens (primary N) is 1. The average molecular weight is 928 g/mol. The number of carboxylic acid groups (broad SMARTS) is 1. The molecule has 4 unspecified atom stereocenters. The van der Waals surface area contributed by atoms with E-state index in [0.29, 0.717) is 11.8 Å². The minimum Gasteiger partial charge on any atom is -0.481 e. The third-order valence-electron chi connectivity index (χ3n) is 7.92. The summed E-state index contributed by atoms with van der Waals surface area (Å²) in [6, 6.07) is 0. The van der Waals surface area contributed by atoms with Gasteiger partial charge < -0.3 is 66.2 Å². The number of thioether (sulfide) groups is 1. The SMILES string of the molecule is CC(C)(COP(=O)(O)OP(=O)(O)OC[C@H]1O[C@@H](n2cnc3c(N)ncnc32)[C@H](O)[C@@H]1OP(=O)(O)O)[C@@H](O)C(=O)NCCC(=O)NCCSC(=O)C(O)CC(O)CC(=O)O. The van der Waals surface area contributed by atoms with Crippen LogP contribution in [0.5, 0.6) is 0 Å². The van der Waals surface area contributed by atoms with E-state index in [2.05, 4.69) is 34.4 Å². The number of carbonyl (C=O) groups is 4. The van der Waals surface area contributed by atoms with Crippen molar-refractivity contribution in [2.24, 2.45) is 5.41 Å². The van der Waals surface area contributed by atoms with Crippen LogP contribution < -0.4 is 16.4 Å². The monoisotopic (exact) mass is 927 g/mol. The van der Waals surface area contributed by atoms with Crippen LogP contribution >= 0.6 is 35.2 Å². The molecule has 13 N–H and O–H groups in total. The number of hydrogen-bond donors (Lipinski definition) is 12. The molecular formula is C27H44N7O21P3S. The summed E-state index contributed by atoms with van der Waals surface area (Å²) < 4.78 is 61.9. The molecule has 28 nitrogen and oxygen atoms in total. The smallest absolute Gasteiger partial charge is 0.481 e. The van der Waals surface area contributed by atoms with Crippen molar-refractivity contribution < 1.29 is 101 Å². The van der Waals surface area contributed by atoms with E-state index in [1.165, 1.54) is 13.8 Å². The Bertz CT molecular complexity index is 1950. The van der Waals surface area contributed by atoms with E-state index in [4.69, 9.17) is 24.6 Å². The predicted molar refractivity (Wildman–Crippen MR) is 196 cm³/mol. The number of nitrogen functional groups attached to an aromatic ring is 1. The second-order valence-electron chi connectivity index (χ2n) is 13.2. The van der Waals surface area contributed by atoms with Crippen LogP contribution in [0.4, 0.5) is 5.82 Å². The van der Waals surface area contributed by atoms with E-state index < -0.39 is 121 Å². The molecule has 0 saturated carbocycles. The molecule has 1 saturated heterocycles. The number of carbonyl (C=O) groups excluding carboxylic acids is 3. The predicted octanol–water partition coefficient (Wildman–Crippen LogP) is -2.75. The minimum atomic E-state index is -5.61. The van der Waals surface area contributed by atoms with Gasteiger partial charge in [-0.15, -0.1) is 0 Å². The van der Waals surface area contributed by atoms with Gasteiger partial charge in [0.05, 0.1) is 32.1 Å². The highest BCUT2D eigenvalue weighted by atomic mass is 32.2. The molecule has 9 atom stereocenters. The first-order chi connectivity index (χ1) is 27.2. The number of fused-ring (bicyclic) bond motifs is 1. The maximum Gasteiger partial charge on any atom is 0.481 e. The summed E-state index contributed by atoms with van der Waals surface area (Å²) in [5.41, 5.74) is 4.15. The van der Waals surface area contributed by atoms with E-state index in [9.17, 15) is 72.9 Å². The van der Waals surface area contributed by atoms with Gasteiger partial charge in [-0.25, -0.2) is 28.6 Å². The second-order valence-corrected chi connectivity index (χ2v) is 18.6. The Labute approximate surface area is 337 Å². The van der Waals surface area contributed by atoms with Crippen LogP contribution in [0.1, 0.15) is 39.3 Å². The van der Waals surface area contributed by atoms with E-state index >= 15 is 0 Å². The van der Waals surface area contributed by atoms with Crippen LogP contribution in [-0.2, 0) is 55.5 Å². The first-order valence-electron chi connectivity index (χ1n) is 16.9. The molecule has 334 valence electrons. The molecular weight excluding hydrogens is 883 g/mol. The van der Waals surface area contributed by atoms with Gasteiger partial charge in [0.2, 0.25) is 16.9 Å². The number of aliphatic hydroxyl groups is 4. The maximum atomic E-state index is 12.7. The molecule has 2 amide bonds.